The SMILES string of the molecule is N#Cc1cc(C(F)(F)F)ccc1NCc1ccc(OCc2ccccn2)cc1. The Balaban J connectivity index is 1.60. The smallest absolute Gasteiger partial charge is 0.416 e. The molecule has 3 aromatic rings. The first-order valence-corrected chi connectivity index (χ1v) is 8.42. The number of pyridine rings is 1. The Hall–Kier alpha value is -3.53. The minimum absolute atomic E-state index is 0.0508. The van der Waals surface area contributed by atoms with Crippen LogP contribution in [-0.2, 0) is 19.3 Å². The molecule has 0 spiro atoms. The number of nitrogens with zero attached hydrogens (tertiary/aromatic N) is 2. The largest absolute Gasteiger partial charge is 0.487 e. The standard InChI is InChI=1S/C21H16F3N3O/c22-21(23,24)17-6-9-20(16(11-17)12-25)27-13-15-4-7-19(8-5-15)28-14-18-3-1-2-10-26-18/h1-11,27H,13-14H2. The van der Waals surface area contributed by atoms with Gasteiger partial charge in [0.2, 0.25) is 0 Å². The van der Waals surface area contributed by atoms with Crippen molar-refractivity contribution in [1.29, 1.82) is 5.26 Å². The average Bonchev–Trinajstić information content (AvgIpc) is 2.71. The van der Waals surface area contributed by atoms with Crippen LogP contribution in [0.4, 0.5) is 18.9 Å². The van der Waals surface area contributed by atoms with Crippen LogP contribution in [0.2, 0.25) is 0 Å². The summed E-state index contributed by atoms with van der Waals surface area (Å²) in [5, 5.41) is 12.1. The lowest BCUT2D eigenvalue weighted by atomic mass is 10.1. The molecule has 2 aromatic carbocycles. The van der Waals surface area contributed by atoms with Gasteiger partial charge in [-0.25, -0.2) is 0 Å². The highest BCUT2D eigenvalue weighted by Gasteiger charge is 2.31. The first kappa shape index (κ1) is 19.2. The third kappa shape index (κ3) is 5.01. The number of hydrogen-bond donors (Lipinski definition) is 1. The highest BCUT2D eigenvalue weighted by atomic mass is 19.4. The lowest BCUT2D eigenvalue weighted by Gasteiger charge is -2.12. The fourth-order valence-electron chi connectivity index (χ4n) is 2.51. The maximum absolute atomic E-state index is 12.8. The van der Waals surface area contributed by atoms with Gasteiger partial charge in [-0.05, 0) is 48.0 Å². The lowest BCUT2D eigenvalue weighted by Crippen LogP contribution is -2.07. The molecule has 1 heterocycles. The molecular weight excluding hydrogens is 367 g/mol. The van der Waals surface area contributed by atoms with Crippen LogP contribution in [-0.4, -0.2) is 4.98 Å². The minimum Gasteiger partial charge on any atom is -0.487 e. The number of halogens is 3. The van der Waals surface area contributed by atoms with Crippen LogP contribution in [0.3, 0.4) is 0 Å². The van der Waals surface area contributed by atoms with Gasteiger partial charge in [0, 0.05) is 12.7 Å². The number of alkyl halides is 3. The summed E-state index contributed by atoms with van der Waals surface area (Å²) in [4.78, 5) is 4.18. The molecule has 0 amide bonds. The average molecular weight is 383 g/mol. The van der Waals surface area contributed by atoms with E-state index in [1.807, 2.05) is 30.3 Å². The Bertz CT molecular complexity index is 965. The van der Waals surface area contributed by atoms with Crippen LogP contribution in [0.5, 0.6) is 5.75 Å². The van der Waals surface area contributed by atoms with Crippen molar-refractivity contribution in [2.45, 2.75) is 19.3 Å². The normalized spacial score (nSPS) is 10.9. The molecule has 0 radical (unpaired) electrons. The molecule has 0 fully saturated rings. The first-order valence-electron chi connectivity index (χ1n) is 8.42. The van der Waals surface area contributed by atoms with Gasteiger partial charge in [-0.15, -0.1) is 0 Å². The summed E-state index contributed by atoms with van der Waals surface area (Å²) < 4.78 is 43.9. The van der Waals surface area contributed by atoms with Crippen LogP contribution in [0.25, 0.3) is 0 Å². The van der Waals surface area contributed by atoms with Crippen molar-refractivity contribution in [3.63, 3.8) is 0 Å². The molecule has 0 aliphatic carbocycles. The maximum atomic E-state index is 12.8. The van der Waals surface area contributed by atoms with E-state index < -0.39 is 11.7 Å². The third-order valence-electron chi connectivity index (χ3n) is 3.99. The molecule has 0 bridgehead atoms. The van der Waals surface area contributed by atoms with Crippen molar-refractivity contribution in [2.24, 2.45) is 0 Å². The number of anilines is 1. The molecule has 4 nitrogen and oxygen atoms in total. The van der Waals surface area contributed by atoms with Crippen molar-refractivity contribution in [2.75, 3.05) is 5.32 Å². The van der Waals surface area contributed by atoms with Crippen LogP contribution in [0.1, 0.15) is 22.4 Å². The van der Waals surface area contributed by atoms with Gasteiger partial charge in [-0.3, -0.25) is 4.98 Å². The molecule has 0 aliphatic heterocycles. The second-order valence-corrected chi connectivity index (χ2v) is 5.98. The molecule has 3 rings (SSSR count). The molecule has 28 heavy (non-hydrogen) atoms. The fourth-order valence-corrected chi connectivity index (χ4v) is 2.51. The molecule has 0 atom stereocenters. The van der Waals surface area contributed by atoms with Gasteiger partial charge in [-0.2, -0.15) is 18.4 Å². The quantitative estimate of drug-likeness (QED) is 0.639. The number of rotatable bonds is 6. The van der Waals surface area contributed by atoms with Crippen molar-refractivity contribution in [3.05, 3.63) is 89.2 Å². The van der Waals surface area contributed by atoms with E-state index >= 15 is 0 Å². The Morgan fingerprint density at radius 2 is 1.82 bits per heavy atom. The van der Waals surface area contributed by atoms with Crippen LogP contribution in [0.15, 0.2) is 66.9 Å². The van der Waals surface area contributed by atoms with E-state index in [1.165, 1.54) is 6.07 Å². The number of aromatic nitrogens is 1. The van der Waals surface area contributed by atoms with Gasteiger partial charge in [-0.1, -0.05) is 18.2 Å². The Labute approximate surface area is 160 Å². The number of hydrogen-bond acceptors (Lipinski definition) is 4. The van der Waals surface area contributed by atoms with Gasteiger partial charge in [0.25, 0.3) is 0 Å². The first-order chi connectivity index (χ1) is 13.5. The summed E-state index contributed by atoms with van der Waals surface area (Å²) in [6.07, 6.45) is -2.78. The van der Waals surface area contributed by atoms with E-state index in [-0.39, 0.29) is 5.56 Å². The van der Waals surface area contributed by atoms with Gasteiger partial charge < -0.3 is 10.1 Å². The summed E-state index contributed by atoms with van der Waals surface area (Å²) in [6.45, 7) is 0.718. The number of nitriles is 1. The summed E-state index contributed by atoms with van der Waals surface area (Å²) in [5.41, 5.74) is 1.17. The van der Waals surface area contributed by atoms with E-state index in [0.717, 1.165) is 23.4 Å². The number of nitrogens with one attached hydrogen (secondary N) is 1. The molecule has 0 saturated heterocycles. The van der Waals surface area contributed by atoms with E-state index in [1.54, 1.807) is 24.4 Å². The van der Waals surface area contributed by atoms with Crippen molar-refractivity contribution >= 4 is 5.69 Å². The molecule has 0 aliphatic rings. The molecule has 142 valence electrons. The van der Waals surface area contributed by atoms with Gasteiger partial charge in [0.1, 0.15) is 18.4 Å². The monoisotopic (exact) mass is 383 g/mol. The maximum Gasteiger partial charge on any atom is 0.416 e. The van der Waals surface area contributed by atoms with E-state index in [2.05, 4.69) is 10.3 Å². The Morgan fingerprint density at radius 1 is 1.04 bits per heavy atom. The van der Waals surface area contributed by atoms with Crippen molar-refractivity contribution < 1.29 is 17.9 Å². The van der Waals surface area contributed by atoms with Crippen LogP contribution < -0.4 is 10.1 Å². The minimum atomic E-state index is -4.48. The van der Waals surface area contributed by atoms with Crippen LogP contribution in [0, 0.1) is 11.3 Å². The highest BCUT2D eigenvalue weighted by Crippen LogP contribution is 2.31. The third-order valence-corrected chi connectivity index (χ3v) is 3.99. The summed E-state index contributed by atoms with van der Waals surface area (Å²) >= 11 is 0. The van der Waals surface area contributed by atoms with E-state index in [0.29, 0.717) is 24.6 Å². The Kier molecular flexibility index (Phi) is 5.80. The second-order valence-electron chi connectivity index (χ2n) is 5.98. The predicted octanol–water partition coefficient (Wildman–Crippen LogP) is 5.16. The van der Waals surface area contributed by atoms with Gasteiger partial charge in [0.05, 0.1) is 22.5 Å². The second kappa shape index (κ2) is 8.44. The topological polar surface area (TPSA) is 57.9 Å². The van der Waals surface area contributed by atoms with Crippen molar-refractivity contribution in [3.8, 4) is 11.8 Å². The molecule has 1 N–H and O–H groups in total. The fraction of sp³-hybridized carbons (Fsp3) is 0.143. The van der Waals surface area contributed by atoms with Crippen molar-refractivity contribution in [1.82, 2.24) is 4.98 Å². The van der Waals surface area contributed by atoms with Crippen LogP contribution >= 0.6 is 0 Å². The highest BCUT2D eigenvalue weighted by molar-refractivity contribution is 5.59. The summed E-state index contributed by atoms with van der Waals surface area (Å²) in [7, 11) is 0. The van der Waals surface area contributed by atoms with Gasteiger partial charge in [0.15, 0.2) is 0 Å². The Morgan fingerprint density at radius 3 is 2.46 bits per heavy atom. The molecule has 1 aromatic heterocycles. The molecule has 0 unspecified atom stereocenters. The molecular formula is C21H16F3N3O. The lowest BCUT2D eigenvalue weighted by molar-refractivity contribution is -0.137. The zero-order chi connectivity index (χ0) is 20.0. The van der Waals surface area contributed by atoms with E-state index in [4.69, 9.17) is 10.00 Å². The number of ether oxygens (including phenoxy) is 1. The zero-order valence-corrected chi connectivity index (χ0v) is 14.7. The summed E-state index contributed by atoms with van der Waals surface area (Å²) in [5.74, 6) is 0.682. The van der Waals surface area contributed by atoms with Gasteiger partial charge >= 0.3 is 6.18 Å². The number of benzene rings is 2. The molecule has 0 saturated carbocycles. The summed E-state index contributed by atoms with van der Waals surface area (Å²) in [6, 6.07) is 17.8. The van der Waals surface area contributed by atoms with E-state index in [9.17, 15) is 13.2 Å². The molecule has 7 heteroatoms. The predicted molar refractivity (Wildman–Crippen MR) is 98.5 cm³/mol. The zero-order valence-electron chi connectivity index (χ0n) is 14.7.